The lowest BCUT2D eigenvalue weighted by atomic mass is 9.95. The molecule has 0 aliphatic carbocycles. The lowest BCUT2D eigenvalue weighted by Gasteiger charge is -2.25. The molecule has 1 unspecified atom stereocenters. The number of aliphatic hydroxyl groups excluding tert-OH is 1. The molecular formula is C27H25NO6. The van der Waals surface area contributed by atoms with Gasteiger partial charge in [-0.15, -0.1) is 0 Å². The molecule has 1 aliphatic heterocycles. The zero-order chi connectivity index (χ0) is 24.2. The SMILES string of the molecule is CCOc1ccc(N2C(=O)C(=O)/C(=C(\O)c3ccc(OC)c(OC)c3)C2c2ccccc2)cc1. The van der Waals surface area contributed by atoms with Crippen LogP contribution in [0, 0.1) is 0 Å². The van der Waals surface area contributed by atoms with E-state index in [1.54, 1.807) is 42.5 Å². The van der Waals surface area contributed by atoms with E-state index in [9.17, 15) is 14.7 Å². The Bertz CT molecular complexity index is 1230. The Morgan fingerprint density at radius 3 is 2.21 bits per heavy atom. The summed E-state index contributed by atoms with van der Waals surface area (Å²) in [6, 6.07) is 20.1. The topological polar surface area (TPSA) is 85.3 Å². The first-order chi connectivity index (χ1) is 16.5. The molecule has 1 amide bonds. The number of hydrogen-bond acceptors (Lipinski definition) is 6. The third-order valence-electron chi connectivity index (χ3n) is 5.64. The van der Waals surface area contributed by atoms with E-state index >= 15 is 0 Å². The number of anilines is 1. The van der Waals surface area contributed by atoms with E-state index in [4.69, 9.17) is 14.2 Å². The van der Waals surface area contributed by atoms with Crippen LogP contribution in [0.4, 0.5) is 5.69 Å². The first kappa shape index (κ1) is 22.9. The summed E-state index contributed by atoms with van der Waals surface area (Å²) in [4.78, 5) is 27.9. The van der Waals surface area contributed by atoms with Crippen molar-refractivity contribution in [3.63, 3.8) is 0 Å². The monoisotopic (exact) mass is 459 g/mol. The molecule has 1 heterocycles. The van der Waals surface area contributed by atoms with E-state index in [0.717, 1.165) is 0 Å². The van der Waals surface area contributed by atoms with Crippen LogP contribution in [0.25, 0.3) is 5.76 Å². The normalized spacial score (nSPS) is 17.0. The molecule has 0 spiro atoms. The van der Waals surface area contributed by atoms with Gasteiger partial charge < -0.3 is 19.3 Å². The van der Waals surface area contributed by atoms with E-state index in [-0.39, 0.29) is 11.3 Å². The third kappa shape index (κ3) is 4.08. The molecule has 3 aromatic carbocycles. The molecule has 174 valence electrons. The van der Waals surface area contributed by atoms with E-state index in [2.05, 4.69) is 0 Å². The molecule has 1 fully saturated rings. The Hall–Kier alpha value is -4.26. The fourth-order valence-corrected chi connectivity index (χ4v) is 4.06. The second-order valence-corrected chi connectivity index (χ2v) is 7.58. The van der Waals surface area contributed by atoms with Gasteiger partial charge in [-0.3, -0.25) is 14.5 Å². The van der Waals surface area contributed by atoms with Gasteiger partial charge >= 0.3 is 0 Å². The smallest absolute Gasteiger partial charge is 0.300 e. The van der Waals surface area contributed by atoms with Crippen LogP contribution in [0.2, 0.25) is 0 Å². The van der Waals surface area contributed by atoms with Crippen molar-refractivity contribution in [3.8, 4) is 17.2 Å². The van der Waals surface area contributed by atoms with Crippen molar-refractivity contribution in [1.82, 2.24) is 0 Å². The minimum absolute atomic E-state index is 0.00250. The van der Waals surface area contributed by atoms with Crippen molar-refractivity contribution in [2.45, 2.75) is 13.0 Å². The molecule has 0 aromatic heterocycles. The van der Waals surface area contributed by atoms with Gasteiger partial charge in [0.15, 0.2) is 11.5 Å². The van der Waals surface area contributed by atoms with Gasteiger partial charge in [0.1, 0.15) is 11.5 Å². The van der Waals surface area contributed by atoms with E-state index in [1.807, 2.05) is 37.3 Å². The third-order valence-corrected chi connectivity index (χ3v) is 5.64. The van der Waals surface area contributed by atoms with Crippen LogP contribution in [-0.4, -0.2) is 37.6 Å². The van der Waals surface area contributed by atoms with E-state index in [1.165, 1.54) is 19.1 Å². The van der Waals surface area contributed by atoms with Gasteiger partial charge in [0.05, 0.1) is 32.4 Å². The number of aliphatic hydroxyl groups is 1. The number of carbonyl (C=O) groups excluding carboxylic acids is 2. The van der Waals surface area contributed by atoms with Crippen LogP contribution in [0.15, 0.2) is 78.4 Å². The molecule has 3 aromatic rings. The number of carbonyl (C=O) groups is 2. The standard InChI is InChI=1S/C27H25NO6/c1-4-34-20-13-11-19(12-14-20)28-24(17-8-6-5-7-9-17)23(26(30)27(28)31)25(29)18-10-15-21(32-2)22(16-18)33-3/h5-16,24,29H,4H2,1-3H3/b25-23-. The first-order valence-electron chi connectivity index (χ1n) is 10.8. The number of ketones is 1. The molecule has 4 rings (SSSR count). The summed E-state index contributed by atoms with van der Waals surface area (Å²) < 4.78 is 16.1. The highest BCUT2D eigenvalue weighted by Gasteiger charge is 2.47. The largest absolute Gasteiger partial charge is 0.507 e. The highest BCUT2D eigenvalue weighted by atomic mass is 16.5. The zero-order valence-electron chi connectivity index (χ0n) is 19.1. The van der Waals surface area contributed by atoms with Crippen molar-refractivity contribution in [2.24, 2.45) is 0 Å². The quantitative estimate of drug-likeness (QED) is 0.312. The van der Waals surface area contributed by atoms with Crippen molar-refractivity contribution in [2.75, 3.05) is 25.7 Å². The first-order valence-corrected chi connectivity index (χ1v) is 10.8. The maximum Gasteiger partial charge on any atom is 0.300 e. The molecule has 0 radical (unpaired) electrons. The van der Waals surface area contributed by atoms with E-state index in [0.29, 0.717) is 40.7 Å². The van der Waals surface area contributed by atoms with Gasteiger partial charge in [-0.1, -0.05) is 30.3 Å². The summed E-state index contributed by atoms with van der Waals surface area (Å²) in [6.45, 7) is 2.40. The molecular weight excluding hydrogens is 434 g/mol. The lowest BCUT2D eigenvalue weighted by Crippen LogP contribution is -2.29. The van der Waals surface area contributed by atoms with Crippen molar-refractivity contribution in [3.05, 3.63) is 89.5 Å². The summed E-state index contributed by atoms with van der Waals surface area (Å²) in [5, 5.41) is 11.3. The molecule has 7 nitrogen and oxygen atoms in total. The minimum Gasteiger partial charge on any atom is -0.507 e. The van der Waals surface area contributed by atoms with Crippen molar-refractivity contribution in [1.29, 1.82) is 0 Å². The predicted octanol–water partition coefficient (Wildman–Crippen LogP) is 4.73. The Morgan fingerprint density at radius 1 is 0.912 bits per heavy atom. The summed E-state index contributed by atoms with van der Waals surface area (Å²) in [5.41, 5.74) is 1.55. The average molecular weight is 459 g/mol. The fraction of sp³-hybridized carbons (Fsp3) is 0.185. The second kappa shape index (κ2) is 9.70. The minimum atomic E-state index is -0.813. The highest BCUT2D eigenvalue weighted by molar-refractivity contribution is 6.51. The summed E-state index contributed by atoms with van der Waals surface area (Å²) in [5.74, 6) is -0.252. The van der Waals surface area contributed by atoms with Crippen LogP contribution in [0.1, 0.15) is 24.1 Å². The van der Waals surface area contributed by atoms with Gasteiger partial charge in [-0.05, 0) is 55.0 Å². The summed E-state index contributed by atoms with van der Waals surface area (Å²) >= 11 is 0. The Balaban J connectivity index is 1.88. The molecule has 1 aliphatic rings. The number of benzene rings is 3. The Morgan fingerprint density at radius 2 is 1.59 bits per heavy atom. The van der Waals surface area contributed by atoms with Crippen molar-refractivity contribution >= 4 is 23.1 Å². The van der Waals surface area contributed by atoms with Crippen LogP contribution in [0.5, 0.6) is 17.2 Å². The van der Waals surface area contributed by atoms with Crippen LogP contribution >= 0.6 is 0 Å². The Labute approximate surface area is 197 Å². The number of amides is 1. The van der Waals surface area contributed by atoms with Crippen LogP contribution < -0.4 is 19.1 Å². The van der Waals surface area contributed by atoms with Gasteiger partial charge in [0.2, 0.25) is 0 Å². The molecule has 1 N–H and O–H groups in total. The van der Waals surface area contributed by atoms with Crippen molar-refractivity contribution < 1.29 is 28.9 Å². The number of nitrogens with zero attached hydrogens (tertiary/aromatic N) is 1. The maximum atomic E-state index is 13.2. The predicted molar refractivity (Wildman–Crippen MR) is 128 cm³/mol. The summed E-state index contributed by atoms with van der Waals surface area (Å²) in [6.07, 6.45) is 0. The maximum absolute atomic E-state index is 13.2. The average Bonchev–Trinajstić information content (AvgIpc) is 3.14. The number of Topliss-reactive ketones (excluding diaryl/α,β-unsaturated/α-hetero) is 1. The molecule has 1 atom stereocenters. The second-order valence-electron chi connectivity index (χ2n) is 7.58. The van der Waals surface area contributed by atoms with Crippen LogP contribution in [-0.2, 0) is 9.59 Å². The molecule has 0 saturated carbocycles. The Kier molecular flexibility index (Phi) is 6.54. The van der Waals surface area contributed by atoms with Gasteiger partial charge in [-0.2, -0.15) is 0 Å². The zero-order valence-corrected chi connectivity index (χ0v) is 19.1. The van der Waals surface area contributed by atoms with Gasteiger partial charge in [0.25, 0.3) is 11.7 Å². The summed E-state index contributed by atoms with van der Waals surface area (Å²) in [7, 11) is 2.99. The number of hydrogen-bond donors (Lipinski definition) is 1. The fourth-order valence-electron chi connectivity index (χ4n) is 4.06. The molecule has 1 saturated heterocycles. The molecule has 34 heavy (non-hydrogen) atoms. The number of ether oxygens (including phenoxy) is 3. The molecule has 7 heteroatoms. The molecule has 0 bridgehead atoms. The number of methoxy groups -OCH3 is 2. The number of rotatable bonds is 7. The van der Waals surface area contributed by atoms with Gasteiger partial charge in [0, 0.05) is 11.3 Å². The lowest BCUT2D eigenvalue weighted by molar-refractivity contribution is -0.132. The van der Waals surface area contributed by atoms with E-state index < -0.39 is 17.7 Å². The van der Waals surface area contributed by atoms with Crippen LogP contribution in [0.3, 0.4) is 0 Å². The highest BCUT2D eigenvalue weighted by Crippen LogP contribution is 2.43. The van der Waals surface area contributed by atoms with Gasteiger partial charge in [-0.25, -0.2) is 0 Å².